The minimum absolute atomic E-state index is 0.127. The molecule has 0 spiro atoms. The monoisotopic (exact) mass is 449 g/mol. The standard InChI is InChI=1S/C24H23N3O4S/c1-17-4-11-21(12-5-17)26-32(29,30)23-14-20(10-13-22(23)31-3)24(28)27(2)16-19-8-6-18(15-25)7-9-19/h4-14,26H,16H2,1-3H3. The van der Waals surface area contributed by atoms with Gasteiger partial charge in [0.25, 0.3) is 15.9 Å². The number of rotatable bonds is 7. The number of aryl methyl sites for hydroxylation is 1. The maximum absolute atomic E-state index is 13.0. The van der Waals surface area contributed by atoms with E-state index in [4.69, 9.17) is 10.00 Å². The van der Waals surface area contributed by atoms with Crippen LogP contribution in [0.2, 0.25) is 0 Å². The number of ether oxygens (including phenoxy) is 1. The first kappa shape index (κ1) is 22.8. The van der Waals surface area contributed by atoms with Crippen LogP contribution in [-0.4, -0.2) is 33.4 Å². The summed E-state index contributed by atoms with van der Waals surface area (Å²) in [7, 11) is -0.991. The minimum Gasteiger partial charge on any atom is -0.495 e. The van der Waals surface area contributed by atoms with Gasteiger partial charge in [-0.25, -0.2) is 8.42 Å². The van der Waals surface area contributed by atoms with Crippen LogP contribution in [0.3, 0.4) is 0 Å². The van der Waals surface area contributed by atoms with Crippen molar-refractivity contribution in [3.05, 3.63) is 89.0 Å². The lowest BCUT2D eigenvalue weighted by molar-refractivity contribution is 0.0785. The molecule has 3 aromatic carbocycles. The molecule has 1 amide bonds. The zero-order valence-electron chi connectivity index (χ0n) is 18.0. The van der Waals surface area contributed by atoms with Gasteiger partial charge in [0.15, 0.2) is 0 Å². The van der Waals surface area contributed by atoms with E-state index < -0.39 is 10.0 Å². The average molecular weight is 450 g/mol. The van der Waals surface area contributed by atoms with E-state index in [-0.39, 0.29) is 22.1 Å². The second-order valence-corrected chi connectivity index (χ2v) is 8.96. The first-order chi connectivity index (χ1) is 15.2. The van der Waals surface area contributed by atoms with Gasteiger partial charge < -0.3 is 9.64 Å². The van der Waals surface area contributed by atoms with Gasteiger partial charge in [-0.2, -0.15) is 5.26 Å². The van der Waals surface area contributed by atoms with Crippen molar-refractivity contribution in [1.29, 1.82) is 5.26 Å². The van der Waals surface area contributed by atoms with Crippen LogP contribution in [-0.2, 0) is 16.6 Å². The van der Waals surface area contributed by atoms with E-state index in [0.29, 0.717) is 17.8 Å². The number of hydrogen-bond acceptors (Lipinski definition) is 5. The molecule has 8 heteroatoms. The van der Waals surface area contributed by atoms with E-state index in [9.17, 15) is 13.2 Å². The molecule has 0 saturated carbocycles. The number of nitrogens with zero attached hydrogens (tertiary/aromatic N) is 2. The number of carbonyl (C=O) groups is 1. The van der Waals surface area contributed by atoms with Crippen LogP contribution < -0.4 is 9.46 Å². The molecule has 1 N–H and O–H groups in total. The van der Waals surface area contributed by atoms with Crippen LogP contribution in [0.15, 0.2) is 71.6 Å². The van der Waals surface area contributed by atoms with Crippen LogP contribution in [0.25, 0.3) is 0 Å². The van der Waals surface area contributed by atoms with E-state index in [1.54, 1.807) is 55.6 Å². The van der Waals surface area contributed by atoms with Crippen LogP contribution in [0.5, 0.6) is 5.75 Å². The van der Waals surface area contributed by atoms with Gasteiger partial charge >= 0.3 is 0 Å². The summed E-state index contributed by atoms with van der Waals surface area (Å²) in [5.74, 6) is -0.209. The third-order valence-electron chi connectivity index (χ3n) is 4.85. The summed E-state index contributed by atoms with van der Waals surface area (Å²) >= 11 is 0. The Balaban J connectivity index is 1.86. The molecule has 0 bridgehead atoms. The van der Waals surface area contributed by atoms with Gasteiger partial charge in [0.05, 0.1) is 18.7 Å². The number of hydrogen-bond donors (Lipinski definition) is 1. The molecule has 0 aliphatic heterocycles. The number of amides is 1. The maximum Gasteiger partial charge on any atom is 0.265 e. The van der Waals surface area contributed by atoms with Gasteiger partial charge in [-0.3, -0.25) is 9.52 Å². The molecule has 3 aromatic rings. The van der Waals surface area contributed by atoms with Crippen LogP contribution in [0.4, 0.5) is 5.69 Å². The number of carbonyl (C=O) groups excluding carboxylic acids is 1. The van der Waals surface area contributed by atoms with Crippen molar-refractivity contribution >= 4 is 21.6 Å². The van der Waals surface area contributed by atoms with Gasteiger partial charge in [-0.1, -0.05) is 29.8 Å². The molecule has 0 aliphatic rings. The van der Waals surface area contributed by atoms with E-state index in [0.717, 1.165) is 11.1 Å². The quantitative estimate of drug-likeness (QED) is 0.589. The molecular formula is C24H23N3O4S. The molecule has 0 saturated heterocycles. The molecule has 3 rings (SSSR count). The Morgan fingerprint density at radius 3 is 2.31 bits per heavy atom. The topological polar surface area (TPSA) is 99.5 Å². The maximum atomic E-state index is 13.0. The fourth-order valence-electron chi connectivity index (χ4n) is 3.10. The highest BCUT2D eigenvalue weighted by molar-refractivity contribution is 7.92. The summed E-state index contributed by atoms with van der Waals surface area (Å²) in [5.41, 5.74) is 3.01. The summed E-state index contributed by atoms with van der Waals surface area (Å²) in [6, 6.07) is 20.2. The Kier molecular flexibility index (Phi) is 6.81. The van der Waals surface area contributed by atoms with Crippen molar-refractivity contribution in [3.8, 4) is 11.8 Å². The molecule has 0 unspecified atom stereocenters. The Hall–Kier alpha value is -3.83. The summed E-state index contributed by atoms with van der Waals surface area (Å²) in [4.78, 5) is 14.3. The lowest BCUT2D eigenvalue weighted by Crippen LogP contribution is -2.26. The summed E-state index contributed by atoms with van der Waals surface area (Å²) in [6.45, 7) is 2.21. The van der Waals surface area contributed by atoms with Gasteiger partial charge in [-0.15, -0.1) is 0 Å². The average Bonchev–Trinajstić information content (AvgIpc) is 2.80. The SMILES string of the molecule is COc1ccc(C(=O)N(C)Cc2ccc(C#N)cc2)cc1S(=O)(=O)Nc1ccc(C)cc1. The third-order valence-corrected chi connectivity index (χ3v) is 6.26. The van der Waals surface area contributed by atoms with E-state index >= 15 is 0 Å². The molecule has 0 aliphatic carbocycles. The molecule has 7 nitrogen and oxygen atoms in total. The third kappa shape index (κ3) is 5.25. The van der Waals surface area contributed by atoms with Crippen molar-refractivity contribution in [2.24, 2.45) is 0 Å². The predicted octanol–water partition coefficient (Wildman–Crippen LogP) is 3.95. The van der Waals surface area contributed by atoms with Crippen molar-refractivity contribution in [1.82, 2.24) is 4.90 Å². The lowest BCUT2D eigenvalue weighted by Gasteiger charge is -2.19. The van der Waals surface area contributed by atoms with Crippen molar-refractivity contribution in [2.75, 3.05) is 18.9 Å². The molecule has 0 fully saturated rings. The number of anilines is 1. The van der Waals surface area contributed by atoms with E-state index in [1.165, 1.54) is 30.2 Å². The summed E-state index contributed by atoms with van der Waals surface area (Å²) in [6.07, 6.45) is 0. The first-order valence-corrected chi connectivity index (χ1v) is 11.2. The number of nitriles is 1. The number of sulfonamides is 1. The highest BCUT2D eigenvalue weighted by Crippen LogP contribution is 2.28. The number of methoxy groups -OCH3 is 1. The first-order valence-electron chi connectivity index (χ1n) is 9.75. The van der Waals surface area contributed by atoms with Crippen LogP contribution in [0, 0.1) is 18.3 Å². The smallest absolute Gasteiger partial charge is 0.265 e. The Morgan fingerprint density at radius 1 is 1.06 bits per heavy atom. The van der Waals surface area contributed by atoms with Gasteiger partial charge in [-0.05, 0) is 55.0 Å². The zero-order chi connectivity index (χ0) is 23.3. The highest BCUT2D eigenvalue weighted by Gasteiger charge is 2.23. The molecule has 32 heavy (non-hydrogen) atoms. The largest absolute Gasteiger partial charge is 0.495 e. The van der Waals surface area contributed by atoms with Crippen molar-refractivity contribution in [2.45, 2.75) is 18.4 Å². The minimum atomic E-state index is -3.99. The number of benzene rings is 3. The van der Waals surface area contributed by atoms with Crippen molar-refractivity contribution < 1.29 is 17.9 Å². The Bertz CT molecular complexity index is 1260. The fraction of sp³-hybridized carbons (Fsp3) is 0.167. The summed E-state index contributed by atoms with van der Waals surface area (Å²) in [5, 5.41) is 8.91. The summed E-state index contributed by atoms with van der Waals surface area (Å²) < 4.78 is 33.8. The second kappa shape index (κ2) is 9.54. The molecule has 0 heterocycles. The fourth-order valence-corrected chi connectivity index (χ4v) is 4.36. The van der Waals surface area contributed by atoms with E-state index in [2.05, 4.69) is 10.8 Å². The van der Waals surface area contributed by atoms with Gasteiger partial charge in [0.1, 0.15) is 10.6 Å². The molecule has 164 valence electrons. The van der Waals surface area contributed by atoms with Crippen molar-refractivity contribution in [3.63, 3.8) is 0 Å². The lowest BCUT2D eigenvalue weighted by atomic mass is 10.1. The predicted molar refractivity (Wildman–Crippen MR) is 122 cm³/mol. The van der Waals surface area contributed by atoms with Gasteiger partial charge in [0, 0.05) is 24.8 Å². The van der Waals surface area contributed by atoms with E-state index in [1.807, 2.05) is 6.92 Å². The highest BCUT2D eigenvalue weighted by atomic mass is 32.2. The Labute approximate surface area is 187 Å². The van der Waals surface area contributed by atoms with Crippen LogP contribution >= 0.6 is 0 Å². The van der Waals surface area contributed by atoms with Gasteiger partial charge in [0.2, 0.25) is 0 Å². The molecule has 0 atom stereocenters. The molecular weight excluding hydrogens is 426 g/mol. The normalized spacial score (nSPS) is 10.8. The zero-order valence-corrected chi connectivity index (χ0v) is 18.8. The number of nitrogens with one attached hydrogen (secondary N) is 1. The van der Waals surface area contributed by atoms with Crippen LogP contribution in [0.1, 0.15) is 27.0 Å². The Morgan fingerprint density at radius 2 is 1.72 bits per heavy atom. The second-order valence-electron chi connectivity index (χ2n) is 7.31. The molecule has 0 radical (unpaired) electrons. The molecule has 0 aromatic heterocycles.